The predicted octanol–water partition coefficient (Wildman–Crippen LogP) is 9.16. The third-order valence-electron chi connectivity index (χ3n) is 8.09. The van der Waals surface area contributed by atoms with E-state index in [1.54, 1.807) is 11.3 Å². The number of thiophene rings is 1. The molecule has 208 valence electrons. The zero-order chi connectivity index (χ0) is 28.1. The van der Waals surface area contributed by atoms with Crippen LogP contribution in [0.4, 0.5) is 0 Å². The number of aliphatic hydroxyl groups is 1. The summed E-state index contributed by atoms with van der Waals surface area (Å²) in [7, 11) is -3.77. The summed E-state index contributed by atoms with van der Waals surface area (Å²) in [5, 5.41) is 11.7. The lowest BCUT2D eigenvalue weighted by atomic mass is 10.1. The Morgan fingerprint density at radius 1 is 0.865 bits per heavy atom. The molecular formula is C30H50O4SSi2. The van der Waals surface area contributed by atoms with Gasteiger partial charge >= 0.3 is 0 Å². The minimum absolute atomic E-state index is 0.0655. The quantitative estimate of drug-likeness (QED) is 0.262. The zero-order valence-corrected chi connectivity index (χ0v) is 27.9. The van der Waals surface area contributed by atoms with Crippen molar-refractivity contribution in [1.29, 1.82) is 0 Å². The first kappa shape index (κ1) is 32.0. The number of ether oxygens (including phenoxy) is 1. The van der Waals surface area contributed by atoms with Gasteiger partial charge < -0.3 is 18.7 Å². The molecular weight excluding hydrogens is 513 g/mol. The van der Waals surface area contributed by atoms with Crippen molar-refractivity contribution in [2.75, 3.05) is 6.61 Å². The highest BCUT2D eigenvalue weighted by molar-refractivity contribution is 7.10. The fourth-order valence-corrected chi connectivity index (χ4v) is 5.99. The lowest BCUT2D eigenvalue weighted by molar-refractivity contribution is 0.255. The third kappa shape index (κ3) is 8.90. The molecule has 1 aromatic heterocycles. The SMILES string of the molecule is CCC(=CCO)c1csc(COc2ccc(CO[Si](C)(C)C(C)(C)C)c(CO[Si](C)(C)C(C)(C)C)c2)c1. The molecule has 7 heteroatoms. The number of aliphatic hydroxyl groups excluding tert-OH is 1. The maximum atomic E-state index is 9.28. The van der Waals surface area contributed by atoms with Crippen LogP contribution in [0, 0.1) is 0 Å². The zero-order valence-electron chi connectivity index (χ0n) is 25.1. The minimum atomic E-state index is -1.90. The van der Waals surface area contributed by atoms with Crippen LogP contribution in [0.15, 0.2) is 35.7 Å². The fourth-order valence-electron chi connectivity index (χ4n) is 3.27. The highest BCUT2D eigenvalue weighted by Crippen LogP contribution is 2.39. The molecule has 0 aliphatic heterocycles. The molecule has 0 atom stereocenters. The first-order chi connectivity index (χ1) is 17.0. The highest BCUT2D eigenvalue weighted by Gasteiger charge is 2.38. The van der Waals surface area contributed by atoms with Gasteiger partial charge in [0.1, 0.15) is 12.4 Å². The van der Waals surface area contributed by atoms with Crippen molar-refractivity contribution in [2.45, 2.75) is 111 Å². The normalized spacial score (nSPS) is 13.8. The first-order valence-corrected chi connectivity index (χ1v) is 20.1. The Balaban J connectivity index is 2.23. The molecule has 2 rings (SSSR count). The lowest BCUT2D eigenvalue weighted by Crippen LogP contribution is -2.41. The molecule has 0 aliphatic carbocycles. The Labute approximate surface area is 232 Å². The molecule has 1 heterocycles. The molecule has 0 unspecified atom stereocenters. The van der Waals surface area contributed by atoms with Crippen LogP contribution >= 0.6 is 11.3 Å². The first-order valence-electron chi connectivity index (χ1n) is 13.4. The molecule has 0 saturated carbocycles. The van der Waals surface area contributed by atoms with Crippen LogP contribution in [0.3, 0.4) is 0 Å². The van der Waals surface area contributed by atoms with E-state index in [2.05, 4.69) is 104 Å². The van der Waals surface area contributed by atoms with Crippen molar-refractivity contribution in [3.63, 3.8) is 0 Å². The number of hydrogen-bond donors (Lipinski definition) is 1. The van der Waals surface area contributed by atoms with Crippen LogP contribution in [-0.4, -0.2) is 28.3 Å². The molecule has 1 aromatic carbocycles. The van der Waals surface area contributed by atoms with E-state index in [1.165, 1.54) is 16.7 Å². The summed E-state index contributed by atoms with van der Waals surface area (Å²) in [5.74, 6) is 0.849. The summed E-state index contributed by atoms with van der Waals surface area (Å²) in [6.45, 7) is 26.7. The van der Waals surface area contributed by atoms with E-state index < -0.39 is 16.6 Å². The topological polar surface area (TPSA) is 47.9 Å². The van der Waals surface area contributed by atoms with Crippen LogP contribution in [0.5, 0.6) is 5.75 Å². The van der Waals surface area contributed by atoms with Gasteiger partial charge in [0.05, 0.1) is 19.8 Å². The maximum absolute atomic E-state index is 9.28. The highest BCUT2D eigenvalue weighted by atomic mass is 32.1. The summed E-state index contributed by atoms with van der Waals surface area (Å²) in [4.78, 5) is 1.16. The maximum Gasteiger partial charge on any atom is 0.192 e. The Morgan fingerprint density at radius 2 is 1.43 bits per heavy atom. The van der Waals surface area contributed by atoms with Gasteiger partial charge in [-0.2, -0.15) is 0 Å². The summed E-state index contributed by atoms with van der Waals surface area (Å²) >= 11 is 1.69. The van der Waals surface area contributed by atoms with Crippen LogP contribution < -0.4 is 4.74 Å². The van der Waals surface area contributed by atoms with Gasteiger partial charge in [0.2, 0.25) is 0 Å². The second kappa shape index (κ2) is 12.8. The van der Waals surface area contributed by atoms with Gasteiger partial charge in [-0.05, 0) is 88.5 Å². The molecule has 2 aromatic rings. The summed E-state index contributed by atoms with van der Waals surface area (Å²) in [6.07, 6.45) is 2.78. The predicted molar refractivity (Wildman–Crippen MR) is 164 cm³/mol. The van der Waals surface area contributed by atoms with Crippen LogP contribution in [0.25, 0.3) is 5.57 Å². The Bertz CT molecular complexity index is 1040. The Morgan fingerprint density at radius 3 is 1.95 bits per heavy atom. The van der Waals surface area contributed by atoms with E-state index in [0.29, 0.717) is 19.8 Å². The number of hydrogen-bond acceptors (Lipinski definition) is 5. The number of rotatable bonds is 12. The van der Waals surface area contributed by atoms with E-state index in [1.807, 2.05) is 6.08 Å². The van der Waals surface area contributed by atoms with Crippen molar-refractivity contribution in [1.82, 2.24) is 0 Å². The van der Waals surface area contributed by atoms with E-state index in [0.717, 1.165) is 22.6 Å². The van der Waals surface area contributed by atoms with Crippen LogP contribution in [-0.2, 0) is 28.7 Å². The smallest absolute Gasteiger partial charge is 0.192 e. The van der Waals surface area contributed by atoms with Gasteiger partial charge in [-0.3, -0.25) is 0 Å². The van der Waals surface area contributed by atoms with Crippen molar-refractivity contribution in [3.05, 3.63) is 57.3 Å². The molecule has 0 fully saturated rings. The van der Waals surface area contributed by atoms with Crippen molar-refractivity contribution in [2.24, 2.45) is 0 Å². The van der Waals surface area contributed by atoms with E-state index in [4.69, 9.17) is 13.6 Å². The van der Waals surface area contributed by atoms with Gasteiger partial charge in [0.25, 0.3) is 0 Å². The van der Waals surface area contributed by atoms with Crippen molar-refractivity contribution >= 4 is 33.5 Å². The Kier molecular flexibility index (Phi) is 11.0. The van der Waals surface area contributed by atoms with Crippen molar-refractivity contribution in [3.8, 4) is 5.75 Å². The monoisotopic (exact) mass is 562 g/mol. The molecule has 1 N–H and O–H groups in total. The van der Waals surface area contributed by atoms with E-state index >= 15 is 0 Å². The molecule has 0 spiro atoms. The number of benzene rings is 1. The van der Waals surface area contributed by atoms with E-state index in [9.17, 15) is 5.11 Å². The van der Waals surface area contributed by atoms with Gasteiger partial charge in [0, 0.05) is 4.88 Å². The summed E-state index contributed by atoms with van der Waals surface area (Å²) < 4.78 is 19.4. The average molecular weight is 563 g/mol. The molecule has 0 aliphatic rings. The molecule has 37 heavy (non-hydrogen) atoms. The second-order valence-corrected chi connectivity index (χ2v) is 23.5. The van der Waals surface area contributed by atoms with Crippen LogP contribution in [0.2, 0.25) is 36.3 Å². The molecule has 0 amide bonds. The Hall–Kier alpha value is -1.23. The third-order valence-corrected chi connectivity index (χ3v) is 18.0. The van der Waals surface area contributed by atoms with Gasteiger partial charge in [-0.25, -0.2) is 0 Å². The lowest BCUT2D eigenvalue weighted by Gasteiger charge is -2.37. The van der Waals surface area contributed by atoms with Gasteiger partial charge in [-0.15, -0.1) is 11.3 Å². The molecule has 0 saturated heterocycles. The molecule has 0 radical (unpaired) electrons. The minimum Gasteiger partial charge on any atom is -0.488 e. The van der Waals surface area contributed by atoms with Gasteiger partial charge in [0.15, 0.2) is 16.6 Å². The summed E-state index contributed by atoms with van der Waals surface area (Å²) in [6, 6.07) is 8.50. The summed E-state index contributed by atoms with van der Waals surface area (Å²) in [5.41, 5.74) is 4.66. The number of allylic oxidation sites excluding steroid dienone is 1. The van der Waals surface area contributed by atoms with Gasteiger partial charge in [-0.1, -0.05) is 60.6 Å². The molecule has 0 bridgehead atoms. The molecule has 4 nitrogen and oxygen atoms in total. The second-order valence-electron chi connectivity index (χ2n) is 12.9. The van der Waals surface area contributed by atoms with Crippen molar-refractivity contribution < 1.29 is 18.7 Å². The average Bonchev–Trinajstić information content (AvgIpc) is 3.26. The fraction of sp³-hybridized carbons (Fsp3) is 0.600. The standard InChI is InChI=1S/C30H50O4SSi2/c1-12-23(15-16-31)26-18-28(35-22-26)21-32-27-14-13-24(19-33-36(8,9)29(2,3)4)25(17-27)20-34-37(10,11)30(5,6)7/h13-15,17-18,22,31H,12,16,19-21H2,1-11H3. The van der Waals surface area contributed by atoms with Crippen LogP contribution in [0.1, 0.15) is 76.5 Å². The largest absolute Gasteiger partial charge is 0.488 e. The van der Waals surface area contributed by atoms with E-state index in [-0.39, 0.29) is 16.7 Å².